The number of nitrogens with two attached hydrogens (primary N) is 1. The van der Waals surface area contributed by atoms with Crippen molar-refractivity contribution >= 4 is 24.0 Å². The van der Waals surface area contributed by atoms with Crippen molar-refractivity contribution in [1.82, 2.24) is 0 Å². The van der Waals surface area contributed by atoms with Crippen molar-refractivity contribution in [3.8, 4) is 11.5 Å². The van der Waals surface area contributed by atoms with E-state index >= 15 is 0 Å². The van der Waals surface area contributed by atoms with Gasteiger partial charge < -0.3 is 20.5 Å². The SMILES string of the molecule is Cc1cccc(Oc2ccc(NC(=O)C(N)C3CCOCC3)cc2)c1.Cl. The van der Waals surface area contributed by atoms with E-state index in [0.717, 1.165) is 29.9 Å². The van der Waals surface area contributed by atoms with Gasteiger partial charge in [-0.1, -0.05) is 12.1 Å². The van der Waals surface area contributed by atoms with Crippen molar-refractivity contribution in [3.05, 3.63) is 54.1 Å². The highest BCUT2D eigenvalue weighted by Gasteiger charge is 2.26. The Kier molecular flexibility index (Phi) is 7.45. The van der Waals surface area contributed by atoms with Gasteiger partial charge in [0.05, 0.1) is 6.04 Å². The van der Waals surface area contributed by atoms with Gasteiger partial charge in [0.25, 0.3) is 0 Å². The summed E-state index contributed by atoms with van der Waals surface area (Å²) in [7, 11) is 0. The molecule has 0 aliphatic carbocycles. The number of halogens is 1. The quantitative estimate of drug-likeness (QED) is 0.829. The van der Waals surface area contributed by atoms with Gasteiger partial charge in [0.15, 0.2) is 0 Å². The van der Waals surface area contributed by atoms with E-state index in [1.165, 1.54) is 0 Å². The van der Waals surface area contributed by atoms with Crippen molar-refractivity contribution in [3.63, 3.8) is 0 Å². The summed E-state index contributed by atoms with van der Waals surface area (Å²) in [6.45, 7) is 3.38. The van der Waals surface area contributed by atoms with Gasteiger partial charge in [-0.05, 0) is 67.6 Å². The maximum Gasteiger partial charge on any atom is 0.241 e. The number of nitrogens with one attached hydrogen (secondary N) is 1. The fourth-order valence-corrected chi connectivity index (χ4v) is 2.94. The van der Waals surface area contributed by atoms with Crippen molar-refractivity contribution < 1.29 is 14.3 Å². The number of hydrogen-bond acceptors (Lipinski definition) is 4. The molecule has 1 unspecified atom stereocenters. The highest BCUT2D eigenvalue weighted by atomic mass is 35.5. The second-order valence-corrected chi connectivity index (χ2v) is 6.41. The molecule has 26 heavy (non-hydrogen) atoms. The normalized spacial score (nSPS) is 15.6. The molecule has 140 valence electrons. The van der Waals surface area contributed by atoms with E-state index in [-0.39, 0.29) is 24.2 Å². The maximum absolute atomic E-state index is 12.3. The molecule has 1 saturated heterocycles. The number of carbonyl (C=O) groups excluding carboxylic acids is 1. The molecule has 0 bridgehead atoms. The van der Waals surface area contributed by atoms with Gasteiger partial charge in [0.2, 0.25) is 5.91 Å². The molecule has 3 N–H and O–H groups in total. The van der Waals surface area contributed by atoms with Crippen LogP contribution < -0.4 is 15.8 Å². The van der Waals surface area contributed by atoms with E-state index in [2.05, 4.69) is 5.32 Å². The van der Waals surface area contributed by atoms with Gasteiger partial charge in [0.1, 0.15) is 11.5 Å². The van der Waals surface area contributed by atoms with Crippen LogP contribution in [0.25, 0.3) is 0 Å². The maximum atomic E-state index is 12.3. The zero-order chi connectivity index (χ0) is 17.6. The van der Waals surface area contributed by atoms with Crippen LogP contribution in [0.3, 0.4) is 0 Å². The summed E-state index contributed by atoms with van der Waals surface area (Å²) in [4.78, 5) is 12.3. The van der Waals surface area contributed by atoms with Crippen molar-refractivity contribution in [2.75, 3.05) is 18.5 Å². The lowest BCUT2D eigenvalue weighted by atomic mass is 9.92. The first-order chi connectivity index (χ1) is 12.1. The van der Waals surface area contributed by atoms with Crippen LogP contribution in [-0.4, -0.2) is 25.2 Å². The summed E-state index contributed by atoms with van der Waals surface area (Å²) in [5.41, 5.74) is 7.95. The summed E-state index contributed by atoms with van der Waals surface area (Å²) >= 11 is 0. The van der Waals surface area contributed by atoms with Crippen molar-refractivity contribution in [1.29, 1.82) is 0 Å². The van der Waals surface area contributed by atoms with E-state index in [0.29, 0.717) is 18.9 Å². The number of hydrogen-bond donors (Lipinski definition) is 2. The molecule has 1 aliphatic heterocycles. The zero-order valence-electron chi connectivity index (χ0n) is 14.8. The number of benzene rings is 2. The minimum Gasteiger partial charge on any atom is -0.457 e. The Labute approximate surface area is 160 Å². The van der Waals surface area contributed by atoms with Gasteiger partial charge in [-0.25, -0.2) is 0 Å². The van der Waals surface area contributed by atoms with E-state index in [9.17, 15) is 4.79 Å². The lowest BCUT2D eigenvalue weighted by Crippen LogP contribution is -2.43. The Hall–Kier alpha value is -2.08. The third-order valence-corrected chi connectivity index (χ3v) is 4.42. The number of amides is 1. The third-order valence-electron chi connectivity index (χ3n) is 4.42. The number of aryl methyl sites for hydroxylation is 1. The summed E-state index contributed by atoms with van der Waals surface area (Å²) in [6.07, 6.45) is 1.66. The van der Waals surface area contributed by atoms with Gasteiger partial charge in [-0.3, -0.25) is 4.79 Å². The predicted octanol–water partition coefficient (Wildman–Crippen LogP) is 3.90. The van der Waals surface area contributed by atoms with Crippen LogP contribution >= 0.6 is 12.4 Å². The standard InChI is InChI=1S/C20H24N2O3.ClH/c1-14-3-2-4-18(13-14)25-17-7-5-16(6-8-17)22-20(23)19(21)15-9-11-24-12-10-15;/h2-8,13,15,19H,9-12,21H2,1H3,(H,22,23);1H. The Morgan fingerprint density at radius 1 is 1.15 bits per heavy atom. The van der Waals surface area contributed by atoms with E-state index in [1.54, 1.807) is 0 Å². The molecule has 1 amide bonds. The molecule has 1 atom stereocenters. The topological polar surface area (TPSA) is 73.6 Å². The largest absolute Gasteiger partial charge is 0.457 e. The highest BCUT2D eigenvalue weighted by molar-refractivity contribution is 5.94. The van der Waals surface area contributed by atoms with Crippen LogP contribution in [0.5, 0.6) is 11.5 Å². The van der Waals surface area contributed by atoms with Gasteiger partial charge >= 0.3 is 0 Å². The van der Waals surface area contributed by atoms with Crippen LogP contribution in [0.2, 0.25) is 0 Å². The minimum atomic E-state index is -0.507. The van der Waals surface area contributed by atoms with Gasteiger partial charge in [-0.15, -0.1) is 12.4 Å². The fourth-order valence-electron chi connectivity index (χ4n) is 2.94. The number of ether oxygens (including phenoxy) is 2. The van der Waals surface area contributed by atoms with Crippen molar-refractivity contribution in [2.24, 2.45) is 11.7 Å². The molecule has 1 aliphatic rings. The van der Waals surface area contributed by atoms with Gasteiger partial charge in [0, 0.05) is 18.9 Å². The molecule has 2 aromatic rings. The average molecular weight is 377 g/mol. The monoisotopic (exact) mass is 376 g/mol. The van der Waals surface area contributed by atoms with E-state index < -0.39 is 6.04 Å². The number of carbonyl (C=O) groups is 1. The smallest absolute Gasteiger partial charge is 0.241 e. The molecule has 1 fully saturated rings. The third kappa shape index (κ3) is 5.46. The molecule has 6 heteroatoms. The summed E-state index contributed by atoms with van der Waals surface area (Å²) < 4.78 is 11.1. The molecule has 0 radical (unpaired) electrons. The summed E-state index contributed by atoms with van der Waals surface area (Å²) in [6, 6.07) is 14.7. The highest BCUT2D eigenvalue weighted by Crippen LogP contribution is 2.24. The molecule has 0 spiro atoms. The van der Waals surface area contributed by atoms with Crippen LogP contribution in [0.15, 0.2) is 48.5 Å². The summed E-state index contributed by atoms with van der Waals surface area (Å²) in [5.74, 6) is 1.53. The molecule has 2 aromatic carbocycles. The number of anilines is 1. The van der Waals surface area contributed by atoms with E-state index in [1.807, 2.05) is 55.5 Å². The molecule has 0 saturated carbocycles. The lowest BCUT2D eigenvalue weighted by molar-refractivity contribution is -0.119. The van der Waals surface area contributed by atoms with Crippen LogP contribution in [0.4, 0.5) is 5.69 Å². The second-order valence-electron chi connectivity index (χ2n) is 6.41. The molecule has 1 heterocycles. The minimum absolute atomic E-state index is 0. The second kappa shape index (κ2) is 9.57. The lowest BCUT2D eigenvalue weighted by Gasteiger charge is -2.26. The Bertz CT molecular complexity index is 715. The molecule has 0 aromatic heterocycles. The molecular weight excluding hydrogens is 352 g/mol. The van der Waals surface area contributed by atoms with Crippen LogP contribution in [0, 0.1) is 12.8 Å². The first-order valence-corrected chi connectivity index (χ1v) is 8.60. The van der Waals surface area contributed by atoms with E-state index in [4.69, 9.17) is 15.2 Å². The number of rotatable bonds is 5. The molecule has 3 rings (SSSR count). The molecule has 5 nitrogen and oxygen atoms in total. The molecular formula is C20H25ClN2O3. The zero-order valence-corrected chi connectivity index (χ0v) is 15.6. The fraction of sp³-hybridized carbons (Fsp3) is 0.350. The van der Waals surface area contributed by atoms with Crippen LogP contribution in [-0.2, 0) is 9.53 Å². The predicted molar refractivity (Wildman–Crippen MR) is 105 cm³/mol. The van der Waals surface area contributed by atoms with Crippen LogP contribution in [0.1, 0.15) is 18.4 Å². The van der Waals surface area contributed by atoms with Gasteiger partial charge in [-0.2, -0.15) is 0 Å². The first kappa shape index (κ1) is 20.2. The summed E-state index contributed by atoms with van der Waals surface area (Å²) in [5, 5.41) is 2.88. The van der Waals surface area contributed by atoms with Crippen molar-refractivity contribution in [2.45, 2.75) is 25.8 Å². The average Bonchev–Trinajstić information content (AvgIpc) is 2.63. The Morgan fingerprint density at radius 3 is 2.50 bits per heavy atom. The Morgan fingerprint density at radius 2 is 1.85 bits per heavy atom. The Balaban J connectivity index is 0.00000243. The first-order valence-electron chi connectivity index (χ1n) is 8.60.